The van der Waals surface area contributed by atoms with Gasteiger partial charge >= 0.3 is 6.09 Å². The minimum atomic E-state index is -0.469. The number of nitrogens with zero attached hydrogens (tertiary/aromatic N) is 1. The fourth-order valence-electron chi connectivity index (χ4n) is 2.41. The van der Waals surface area contributed by atoms with Crippen LogP contribution in [0.3, 0.4) is 0 Å². The molecular formula is C16H24N2O4. The predicted molar refractivity (Wildman–Crippen MR) is 81.8 cm³/mol. The fraction of sp³-hybridized carbons (Fsp3) is 0.625. The van der Waals surface area contributed by atoms with Crippen molar-refractivity contribution in [3.63, 3.8) is 0 Å². The van der Waals surface area contributed by atoms with E-state index in [0.29, 0.717) is 31.3 Å². The van der Waals surface area contributed by atoms with Crippen molar-refractivity contribution in [2.45, 2.75) is 32.8 Å². The van der Waals surface area contributed by atoms with Gasteiger partial charge in [0.05, 0.1) is 12.8 Å². The highest BCUT2D eigenvalue weighted by molar-refractivity contribution is 5.94. The number of likely N-dealkylation sites (tertiary alicyclic amines) is 1. The molecule has 0 bridgehead atoms. The number of carbonyl (C=O) groups is 2. The summed E-state index contributed by atoms with van der Waals surface area (Å²) < 4.78 is 10.4. The Kier molecular flexibility index (Phi) is 5.24. The van der Waals surface area contributed by atoms with E-state index in [1.54, 1.807) is 17.0 Å². The molecule has 1 fully saturated rings. The van der Waals surface area contributed by atoms with Crippen LogP contribution in [0.4, 0.5) is 4.79 Å². The summed E-state index contributed by atoms with van der Waals surface area (Å²) in [6.45, 7) is 7.90. The maximum atomic E-state index is 12.0. The summed E-state index contributed by atoms with van der Waals surface area (Å²) in [5.41, 5.74) is -0.469. The minimum absolute atomic E-state index is 0.0630. The lowest BCUT2D eigenvalue weighted by Gasteiger charge is -2.24. The number of amides is 1. The van der Waals surface area contributed by atoms with Crippen molar-refractivity contribution in [1.82, 2.24) is 10.2 Å². The molecule has 1 aromatic rings. The van der Waals surface area contributed by atoms with E-state index in [4.69, 9.17) is 9.15 Å². The van der Waals surface area contributed by atoms with Crippen LogP contribution >= 0.6 is 0 Å². The Morgan fingerprint density at radius 1 is 1.45 bits per heavy atom. The van der Waals surface area contributed by atoms with Gasteiger partial charge in [0.2, 0.25) is 5.78 Å². The van der Waals surface area contributed by atoms with Gasteiger partial charge in [-0.25, -0.2) is 4.79 Å². The van der Waals surface area contributed by atoms with Crippen molar-refractivity contribution in [3.05, 3.63) is 24.2 Å². The smallest absolute Gasteiger partial charge is 0.410 e. The summed E-state index contributed by atoms with van der Waals surface area (Å²) in [6.07, 6.45) is 2.14. The van der Waals surface area contributed by atoms with Crippen LogP contribution in [-0.4, -0.2) is 48.6 Å². The summed E-state index contributed by atoms with van der Waals surface area (Å²) in [4.78, 5) is 25.5. The molecule has 6 nitrogen and oxygen atoms in total. The van der Waals surface area contributed by atoms with Gasteiger partial charge in [0, 0.05) is 19.6 Å². The molecule has 122 valence electrons. The number of furan rings is 1. The first-order chi connectivity index (χ1) is 10.3. The molecule has 1 amide bonds. The standard InChI is InChI=1S/C16H24N2O4/c1-16(2,3)22-15(20)18-7-6-12(11-18)9-17-10-13(19)14-5-4-8-21-14/h4-5,8,12,17H,6-7,9-11H2,1-3H3/t12-/m1/s1. The first kappa shape index (κ1) is 16.5. The number of hydrogen-bond acceptors (Lipinski definition) is 5. The van der Waals surface area contributed by atoms with E-state index in [0.717, 1.165) is 6.42 Å². The van der Waals surface area contributed by atoms with Crippen LogP contribution in [-0.2, 0) is 4.74 Å². The molecule has 0 aliphatic carbocycles. The third kappa shape index (κ3) is 4.87. The number of carbonyl (C=O) groups excluding carboxylic acids is 2. The van der Waals surface area contributed by atoms with Crippen LogP contribution in [0.15, 0.2) is 22.8 Å². The van der Waals surface area contributed by atoms with Crippen molar-refractivity contribution in [3.8, 4) is 0 Å². The van der Waals surface area contributed by atoms with Crippen molar-refractivity contribution < 1.29 is 18.7 Å². The zero-order valence-corrected chi connectivity index (χ0v) is 13.4. The molecule has 1 N–H and O–H groups in total. The molecule has 0 spiro atoms. The molecule has 2 heterocycles. The lowest BCUT2D eigenvalue weighted by Crippen LogP contribution is -2.36. The van der Waals surface area contributed by atoms with Gasteiger partial charge in [-0.2, -0.15) is 0 Å². The molecule has 22 heavy (non-hydrogen) atoms. The second-order valence-corrected chi connectivity index (χ2v) is 6.61. The SMILES string of the molecule is CC(C)(C)OC(=O)N1CC[C@H](CNCC(=O)c2ccco2)C1. The van der Waals surface area contributed by atoms with Crippen LogP contribution in [0.2, 0.25) is 0 Å². The number of Topliss-reactive ketones (excluding diaryl/α,β-unsaturated/α-hetero) is 1. The first-order valence-corrected chi connectivity index (χ1v) is 7.60. The largest absolute Gasteiger partial charge is 0.461 e. The van der Waals surface area contributed by atoms with Crippen LogP contribution in [0, 0.1) is 5.92 Å². The summed E-state index contributed by atoms with van der Waals surface area (Å²) in [7, 11) is 0. The Labute approximate surface area is 130 Å². The maximum absolute atomic E-state index is 12.0. The van der Waals surface area contributed by atoms with E-state index < -0.39 is 5.60 Å². The van der Waals surface area contributed by atoms with Gasteiger partial charge in [-0.05, 0) is 45.2 Å². The van der Waals surface area contributed by atoms with Gasteiger partial charge in [0.25, 0.3) is 0 Å². The molecule has 1 saturated heterocycles. The topological polar surface area (TPSA) is 71.8 Å². The molecular weight excluding hydrogens is 284 g/mol. The first-order valence-electron chi connectivity index (χ1n) is 7.60. The Morgan fingerprint density at radius 3 is 2.86 bits per heavy atom. The molecule has 1 aliphatic heterocycles. The van der Waals surface area contributed by atoms with Crippen molar-refractivity contribution in [2.75, 3.05) is 26.2 Å². The summed E-state index contributed by atoms with van der Waals surface area (Å²) in [5, 5.41) is 3.13. The Morgan fingerprint density at radius 2 is 2.23 bits per heavy atom. The number of ketones is 1. The molecule has 1 atom stereocenters. The molecule has 1 aromatic heterocycles. The Hall–Kier alpha value is -1.82. The molecule has 0 unspecified atom stereocenters. The highest BCUT2D eigenvalue weighted by atomic mass is 16.6. The van der Waals surface area contributed by atoms with Crippen LogP contribution in [0.1, 0.15) is 37.7 Å². The Bertz CT molecular complexity index is 505. The Balaban J connectivity index is 1.68. The summed E-state index contributed by atoms with van der Waals surface area (Å²) in [5.74, 6) is 0.651. The molecule has 6 heteroatoms. The lowest BCUT2D eigenvalue weighted by atomic mass is 10.1. The van der Waals surface area contributed by atoms with Gasteiger partial charge < -0.3 is 19.4 Å². The van der Waals surface area contributed by atoms with E-state index in [-0.39, 0.29) is 18.4 Å². The fourth-order valence-corrected chi connectivity index (χ4v) is 2.41. The molecule has 0 saturated carbocycles. The van der Waals surface area contributed by atoms with Gasteiger partial charge in [0.15, 0.2) is 5.76 Å². The minimum Gasteiger partial charge on any atom is -0.461 e. The lowest BCUT2D eigenvalue weighted by molar-refractivity contribution is 0.0288. The van der Waals surface area contributed by atoms with E-state index in [1.165, 1.54) is 6.26 Å². The third-order valence-electron chi connectivity index (χ3n) is 3.45. The summed E-state index contributed by atoms with van der Waals surface area (Å²) in [6, 6.07) is 3.35. The molecule has 2 rings (SSSR count). The molecule has 0 radical (unpaired) electrons. The third-order valence-corrected chi connectivity index (χ3v) is 3.45. The van der Waals surface area contributed by atoms with E-state index in [9.17, 15) is 9.59 Å². The maximum Gasteiger partial charge on any atom is 0.410 e. The zero-order chi connectivity index (χ0) is 16.2. The van der Waals surface area contributed by atoms with Gasteiger partial charge in [0.1, 0.15) is 5.60 Å². The number of nitrogens with one attached hydrogen (secondary N) is 1. The van der Waals surface area contributed by atoms with E-state index in [2.05, 4.69) is 5.32 Å². The second-order valence-electron chi connectivity index (χ2n) is 6.61. The zero-order valence-electron chi connectivity index (χ0n) is 13.4. The number of ether oxygens (including phenoxy) is 1. The molecule has 0 aromatic carbocycles. The van der Waals surface area contributed by atoms with Crippen molar-refractivity contribution >= 4 is 11.9 Å². The average Bonchev–Trinajstić information content (AvgIpc) is 3.08. The van der Waals surface area contributed by atoms with Crippen LogP contribution in [0.25, 0.3) is 0 Å². The quantitative estimate of drug-likeness (QED) is 0.845. The predicted octanol–water partition coefficient (Wildman–Crippen LogP) is 2.31. The van der Waals surface area contributed by atoms with E-state index >= 15 is 0 Å². The van der Waals surface area contributed by atoms with E-state index in [1.807, 2.05) is 20.8 Å². The normalized spacial score (nSPS) is 18.5. The van der Waals surface area contributed by atoms with Gasteiger partial charge in [-0.15, -0.1) is 0 Å². The highest BCUT2D eigenvalue weighted by Gasteiger charge is 2.29. The van der Waals surface area contributed by atoms with Crippen LogP contribution in [0.5, 0.6) is 0 Å². The highest BCUT2D eigenvalue weighted by Crippen LogP contribution is 2.18. The average molecular weight is 308 g/mol. The second kappa shape index (κ2) is 6.96. The summed E-state index contributed by atoms with van der Waals surface area (Å²) >= 11 is 0. The number of hydrogen-bond donors (Lipinski definition) is 1. The van der Waals surface area contributed by atoms with Gasteiger partial charge in [-0.3, -0.25) is 4.79 Å². The van der Waals surface area contributed by atoms with Gasteiger partial charge in [-0.1, -0.05) is 0 Å². The van der Waals surface area contributed by atoms with Crippen molar-refractivity contribution in [2.24, 2.45) is 5.92 Å². The number of rotatable bonds is 5. The van der Waals surface area contributed by atoms with Crippen LogP contribution < -0.4 is 5.32 Å². The monoisotopic (exact) mass is 308 g/mol. The molecule has 1 aliphatic rings. The van der Waals surface area contributed by atoms with Crippen molar-refractivity contribution in [1.29, 1.82) is 0 Å².